The summed E-state index contributed by atoms with van der Waals surface area (Å²) < 4.78 is 39.5. The minimum atomic E-state index is -1.60. The Morgan fingerprint density at radius 1 is 1.11 bits per heavy atom. The summed E-state index contributed by atoms with van der Waals surface area (Å²) in [7, 11) is 0. The van der Waals surface area contributed by atoms with Crippen LogP contribution in [0, 0.1) is 17.5 Å². The molecule has 5 heteroatoms. The molecule has 0 aliphatic heterocycles. The molecule has 0 unspecified atom stereocenters. The number of benzene rings is 1. The van der Waals surface area contributed by atoms with Gasteiger partial charge < -0.3 is 0 Å². The molecule has 1 aromatic carbocycles. The summed E-state index contributed by atoms with van der Waals surface area (Å²) in [6, 6.07) is 3.49. The number of halogens is 3. The maximum Gasteiger partial charge on any atom is 0.206 e. The maximum absolute atomic E-state index is 13.6. The summed E-state index contributed by atoms with van der Waals surface area (Å²) in [4.78, 5) is 13.6. The molecule has 1 heterocycles. The number of aryl methyl sites for hydroxylation is 2. The van der Waals surface area contributed by atoms with Gasteiger partial charge in [-0.15, -0.1) is 11.3 Å². The van der Waals surface area contributed by atoms with Crippen LogP contribution in [0.2, 0.25) is 0 Å². The molecular formula is C14H9F3OS. The van der Waals surface area contributed by atoms with Crippen molar-refractivity contribution in [3.8, 4) is 0 Å². The lowest BCUT2D eigenvalue weighted by atomic mass is 10.1. The van der Waals surface area contributed by atoms with Crippen molar-refractivity contribution in [2.45, 2.75) is 19.3 Å². The SMILES string of the molecule is O=C(c1cc2c(s1)CCC2)c1ccc(F)c(F)c1F. The van der Waals surface area contributed by atoms with Crippen LogP contribution in [-0.2, 0) is 12.8 Å². The summed E-state index contributed by atoms with van der Waals surface area (Å²) >= 11 is 1.31. The number of ketones is 1. The number of thiophene rings is 1. The minimum Gasteiger partial charge on any atom is -0.288 e. The van der Waals surface area contributed by atoms with Crippen molar-refractivity contribution < 1.29 is 18.0 Å². The molecule has 0 radical (unpaired) electrons. The maximum atomic E-state index is 13.6. The fourth-order valence-corrected chi connectivity index (χ4v) is 3.48. The van der Waals surface area contributed by atoms with E-state index in [1.54, 1.807) is 6.07 Å². The number of carbonyl (C=O) groups is 1. The summed E-state index contributed by atoms with van der Waals surface area (Å²) in [6.45, 7) is 0. The third kappa shape index (κ3) is 1.98. The number of rotatable bonds is 2. The summed E-state index contributed by atoms with van der Waals surface area (Å²) in [5.41, 5.74) is 0.690. The van der Waals surface area contributed by atoms with Crippen molar-refractivity contribution in [3.63, 3.8) is 0 Å². The van der Waals surface area contributed by atoms with E-state index >= 15 is 0 Å². The molecule has 0 N–H and O–H groups in total. The molecule has 3 rings (SSSR count). The largest absolute Gasteiger partial charge is 0.288 e. The summed E-state index contributed by atoms with van der Waals surface area (Å²) in [5.74, 6) is -4.90. The van der Waals surface area contributed by atoms with Crippen molar-refractivity contribution in [2.24, 2.45) is 0 Å². The lowest BCUT2D eigenvalue weighted by Gasteiger charge is -2.02. The molecule has 19 heavy (non-hydrogen) atoms. The molecule has 0 bridgehead atoms. The van der Waals surface area contributed by atoms with Crippen LogP contribution in [-0.4, -0.2) is 5.78 Å². The molecule has 0 amide bonds. The van der Waals surface area contributed by atoms with E-state index in [4.69, 9.17) is 0 Å². The van der Waals surface area contributed by atoms with E-state index in [-0.39, 0.29) is 0 Å². The highest BCUT2D eigenvalue weighted by atomic mass is 32.1. The van der Waals surface area contributed by atoms with E-state index in [1.807, 2.05) is 0 Å². The first-order chi connectivity index (χ1) is 9.08. The molecule has 0 fully saturated rings. The Hall–Kier alpha value is -1.62. The molecule has 2 aromatic rings. The minimum absolute atomic E-state index is 0.384. The average molecular weight is 282 g/mol. The first-order valence-electron chi connectivity index (χ1n) is 5.87. The van der Waals surface area contributed by atoms with Crippen molar-refractivity contribution in [2.75, 3.05) is 0 Å². The van der Waals surface area contributed by atoms with Gasteiger partial charge in [0.05, 0.1) is 10.4 Å². The Morgan fingerprint density at radius 2 is 1.89 bits per heavy atom. The van der Waals surface area contributed by atoms with E-state index in [0.29, 0.717) is 4.88 Å². The Labute approximate surface area is 111 Å². The van der Waals surface area contributed by atoms with Crippen LogP contribution in [0.5, 0.6) is 0 Å². The zero-order valence-electron chi connectivity index (χ0n) is 9.80. The number of hydrogen-bond acceptors (Lipinski definition) is 2. The van der Waals surface area contributed by atoms with Crippen LogP contribution in [0.25, 0.3) is 0 Å². The quantitative estimate of drug-likeness (QED) is 0.603. The Morgan fingerprint density at radius 3 is 2.63 bits per heavy atom. The molecule has 0 saturated carbocycles. The van der Waals surface area contributed by atoms with Gasteiger partial charge in [0.15, 0.2) is 17.5 Å². The molecule has 0 saturated heterocycles. The van der Waals surface area contributed by atoms with Gasteiger partial charge in [-0.1, -0.05) is 0 Å². The molecule has 1 aliphatic carbocycles. The highest BCUT2D eigenvalue weighted by Crippen LogP contribution is 2.32. The predicted octanol–water partition coefficient (Wildman–Crippen LogP) is 3.89. The van der Waals surface area contributed by atoms with E-state index in [0.717, 1.165) is 41.8 Å². The number of hydrogen-bond donors (Lipinski definition) is 0. The van der Waals surface area contributed by atoms with Gasteiger partial charge in [-0.2, -0.15) is 0 Å². The van der Waals surface area contributed by atoms with Crippen LogP contribution >= 0.6 is 11.3 Å². The highest BCUT2D eigenvalue weighted by molar-refractivity contribution is 7.14. The second-order valence-corrected chi connectivity index (χ2v) is 5.60. The lowest BCUT2D eigenvalue weighted by molar-refractivity contribution is 0.103. The zero-order chi connectivity index (χ0) is 13.6. The third-order valence-electron chi connectivity index (χ3n) is 3.25. The number of fused-ring (bicyclic) bond motifs is 1. The third-order valence-corrected chi connectivity index (χ3v) is 4.49. The Kier molecular flexibility index (Phi) is 2.93. The molecular weight excluding hydrogens is 273 g/mol. The summed E-state index contributed by atoms with van der Waals surface area (Å²) in [6.07, 6.45) is 2.90. The van der Waals surface area contributed by atoms with Crippen LogP contribution in [0.4, 0.5) is 13.2 Å². The van der Waals surface area contributed by atoms with Gasteiger partial charge in [-0.3, -0.25) is 4.79 Å². The van der Waals surface area contributed by atoms with Gasteiger partial charge >= 0.3 is 0 Å². The van der Waals surface area contributed by atoms with E-state index in [9.17, 15) is 18.0 Å². The second kappa shape index (κ2) is 4.49. The molecule has 1 nitrogen and oxygen atoms in total. The van der Waals surface area contributed by atoms with Crippen LogP contribution in [0.3, 0.4) is 0 Å². The highest BCUT2D eigenvalue weighted by Gasteiger charge is 2.23. The topological polar surface area (TPSA) is 17.1 Å². The van der Waals surface area contributed by atoms with E-state index < -0.39 is 28.8 Å². The first kappa shape index (κ1) is 12.4. The van der Waals surface area contributed by atoms with Crippen molar-refractivity contribution in [1.82, 2.24) is 0 Å². The fourth-order valence-electron chi connectivity index (χ4n) is 2.27. The average Bonchev–Trinajstić information content (AvgIpc) is 2.96. The first-order valence-corrected chi connectivity index (χ1v) is 6.69. The Bertz CT molecular complexity index is 654. The van der Waals surface area contributed by atoms with E-state index in [1.165, 1.54) is 11.3 Å². The monoisotopic (exact) mass is 282 g/mol. The van der Waals surface area contributed by atoms with Gasteiger partial charge in [0.25, 0.3) is 0 Å². The number of carbonyl (C=O) groups excluding carboxylic acids is 1. The smallest absolute Gasteiger partial charge is 0.206 e. The van der Waals surface area contributed by atoms with Gasteiger partial charge in [0, 0.05) is 4.88 Å². The standard InChI is InChI=1S/C14H9F3OS/c15-9-5-4-8(12(16)13(9)17)14(18)11-6-7-2-1-3-10(7)19-11/h4-6H,1-3H2. The fraction of sp³-hybridized carbons (Fsp3) is 0.214. The van der Waals surface area contributed by atoms with Gasteiger partial charge in [0.1, 0.15) is 0 Å². The van der Waals surface area contributed by atoms with Crippen LogP contribution in [0.1, 0.15) is 32.1 Å². The van der Waals surface area contributed by atoms with Crippen LogP contribution < -0.4 is 0 Å². The van der Waals surface area contributed by atoms with Crippen molar-refractivity contribution in [1.29, 1.82) is 0 Å². The zero-order valence-corrected chi connectivity index (χ0v) is 10.6. The van der Waals surface area contributed by atoms with Crippen molar-refractivity contribution in [3.05, 3.63) is 56.5 Å². The van der Waals surface area contributed by atoms with Gasteiger partial charge in [0.2, 0.25) is 5.78 Å². The molecule has 0 spiro atoms. The van der Waals surface area contributed by atoms with Crippen LogP contribution in [0.15, 0.2) is 18.2 Å². The molecule has 0 atom stereocenters. The Balaban J connectivity index is 2.02. The van der Waals surface area contributed by atoms with Gasteiger partial charge in [-0.25, -0.2) is 13.2 Å². The molecule has 1 aromatic heterocycles. The lowest BCUT2D eigenvalue weighted by Crippen LogP contribution is -2.05. The van der Waals surface area contributed by atoms with Crippen molar-refractivity contribution >= 4 is 17.1 Å². The predicted molar refractivity (Wildman–Crippen MR) is 66.1 cm³/mol. The normalized spacial score (nSPS) is 13.6. The van der Waals surface area contributed by atoms with E-state index in [2.05, 4.69) is 0 Å². The van der Waals surface area contributed by atoms with Gasteiger partial charge in [-0.05, 0) is 43.0 Å². The molecule has 98 valence electrons. The molecule has 1 aliphatic rings. The second-order valence-electron chi connectivity index (χ2n) is 4.46. The summed E-state index contributed by atoms with van der Waals surface area (Å²) in [5, 5.41) is 0.